The summed E-state index contributed by atoms with van der Waals surface area (Å²) in [5.74, 6) is 0.132. The number of fused-ring (bicyclic) bond motifs is 1. The quantitative estimate of drug-likeness (QED) is 0.531. The van der Waals surface area contributed by atoms with Crippen molar-refractivity contribution in [3.63, 3.8) is 0 Å². The number of carbonyl (C=O) groups is 1. The molecule has 0 aliphatic carbocycles. The summed E-state index contributed by atoms with van der Waals surface area (Å²) in [6.07, 6.45) is 1.02. The monoisotopic (exact) mass is 422 g/mol. The van der Waals surface area contributed by atoms with Crippen LogP contribution in [-0.2, 0) is 17.7 Å². The minimum absolute atomic E-state index is 0.0121. The van der Waals surface area contributed by atoms with Crippen LogP contribution < -0.4 is 10.3 Å². The maximum absolute atomic E-state index is 13.0. The lowest BCUT2D eigenvalue weighted by molar-refractivity contribution is 0.0699. The van der Waals surface area contributed by atoms with Gasteiger partial charge in [0.25, 0.3) is 5.56 Å². The highest BCUT2D eigenvalue weighted by Crippen LogP contribution is 2.22. The molecular weight excluding hydrogens is 404 g/mol. The van der Waals surface area contributed by atoms with Crippen LogP contribution in [0.5, 0.6) is 5.75 Å². The number of hydrogen-bond donors (Lipinski definition) is 1. The van der Waals surface area contributed by atoms with Gasteiger partial charge in [-0.05, 0) is 30.7 Å². The summed E-state index contributed by atoms with van der Waals surface area (Å²) in [6.45, 7) is 1.17. The Hall–Kier alpha value is -2.42. The van der Waals surface area contributed by atoms with Crippen molar-refractivity contribution in [2.24, 2.45) is 0 Å². The Bertz CT molecular complexity index is 1030. The Kier molecular flexibility index (Phi) is 6.66. The molecule has 0 amide bonds. The number of nitrogens with zero attached hydrogens (tertiary/aromatic N) is 2. The van der Waals surface area contributed by atoms with Crippen LogP contribution >= 0.6 is 22.9 Å². The van der Waals surface area contributed by atoms with Crippen molar-refractivity contribution in [1.82, 2.24) is 9.55 Å². The standard InChI is InChI=1S/C19H19ClN2O5S/c1-26-10-7-15-21-17-16(14(11-28-17)19(24)25)18(23)22(15)8-2-9-27-13-5-3-12(20)4-6-13/h3-6,11H,2,7-10H2,1H3,(H,24,25). The summed E-state index contributed by atoms with van der Waals surface area (Å²) in [5, 5.41) is 11.6. The molecule has 28 heavy (non-hydrogen) atoms. The summed E-state index contributed by atoms with van der Waals surface area (Å²) >= 11 is 7.01. The van der Waals surface area contributed by atoms with E-state index in [9.17, 15) is 14.7 Å². The van der Waals surface area contributed by atoms with Crippen LogP contribution in [0.2, 0.25) is 5.02 Å². The molecule has 2 aromatic heterocycles. The summed E-state index contributed by atoms with van der Waals surface area (Å²) in [4.78, 5) is 29.3. The van der Waals surface area contributed by atoms with E-state index in [0.717, 1.165) is 11.3 Å². The van der Waals surface area contributed by atoms with Gasteiger partial charge in [0.15, 0.2) is 0 Å². The van der Waals surface area contributed by atoms with Crippen molar-refractivity contribution in [2.45, 2.75) is 19.4 Å². The zero-order valence-corrected chi connectivity index (χ0v) is 16.8. The molecule has 0 spiro atoms. The van der Waals surface area contributed by atoms with Gasteiger partial charge in [0.2, 0.25) is 0 Å². The molecule has 1 N–H and O–H groups in total. The molecule has 0 fully saturated rings. The van der Waals surface area contributed by atoms with Gasteiger partial charge in [-0.1, -0.05) is 11.6 Å². The predicted molar refractivity (Wildman–Crippen MR) is 108 cm³/mol. The molecular formula is C19H19ClN2O5S. The molecule has 0 bridgehead atoms. The second-order valence-electron chi connectivity index (χ2n) is 6.02. The first-order valence-electron chi connectivity index (χ1n) is 8.62. The van der Waals surface area contributed by atoms with E-state index >= 15 is 0 Å². The van der Waals surface area contributed by atoms with Gasteiger partial charge in [-0.3, -0.25) is 9.36 Å². The van der Waals surface area contributed by atoms with Gasteiger partial charge in [0, 0.05) is 30.5 Å². The Morgan fingerprint density at radius 1 is 1.29 bits per heavy atom. The zero-order valence-electron chi connectivity index (χ0n) is 15.2. The number of rotatable bonds is 9. The number of ether oxygens (including phenoxy) is 2. The summed E-state index contributed by atoms with van der Waals surface area (Å²) < 4.78 is 12.3. The Balaban J connectivity index is 1.81. The second-order valence-corrected chi connectivity index (χ2v) is 7.31. The Morgan fingerprint density at radius 3 is 2.71 bits per heavy atom. The van der Waals surface area contributed by atoms with Crippen molar-refractivity contribution in [3.8, 4) is 5.75 Å². The maximum Gasteiger partial charge on any atom is 0.337 e. The molecule has 148 valence electrons. The third-order valence-electron chi connectivity index (χ3n) is 4.14. The van der Waals surface area contributed by atoms with Gasteiger partial charge in [-0.15, -0.1) is 11.3 Å². The van der Waals surface area contributed by atoms with Gasteiger partial charge >= 0.3 is 5.97 Å². The molecule has 0 aliphatic heterocycles. The van der Waals surface area contributed by atoms with E-state index in [1.165, 1.54) is 9.95 Å². The average Bonchev–Trinajstić information content (AvgIpc) is 3.11. The fraction of sp³-hybridized carbons (Fsp3) is 0.316. The molecule has 0 saturated heterocycles. The third-order valence-corrected chi connectivity index (χ3v) is 5.27. The first-order chi connectivity index (χ1) is 13.5. The number of hydrogen-bond acceptors (Lipinski definition) is 6. The topological polar surface area (TPSA) is 90.7 Å². The van der Waals surface area contributed by atoms with Crippen LogP contribution in [0.4, 0.5) is 0 Å². The second kappa shape index (κ2) is 9.18. The number of thiophene rings is 1. The Morgan fingerprint density at radius 2 is 2.04 bits per heavy atom. The van der Waals surface area contributed by atoms with E-state index in [1.807, 2.05) is 0 Å². The molecule has 1 aromatic carbocycles. The predicted octanol–water partition coefficient (Wildman–Crippen LogP) is 3.47. The first kappa shape index (κ1) is 20.3. The highest BCUT2D eigenvalue weighted by Gasteiger charge is 2.19. The van der Waals surface area contributed by atoms with E-state index in [0.29, 0.717) is 54.0 Å². The van der Waals surface area contributed by atoms with Crippen molar-refractivity contribution in [3.05, 3.63) is 56.4 Å². The highest BCUT2D eigenvalue weighted by atomic mass is 35.5. The molecule has 2 heterocycles. The van der Waals surface area contributed by atoms with Gasteiger partial charge in [-0.25, -0.2) is 9.78 Å². The van der Waals surface area contributed by atoms with Crippen molar-refractivity contribution in [2.75, 3.05) is 20.3 Å². The fourth-order valence-corrected chi connectivity index (χ4v) is 3.83. The minimum atomic E-state index is -1.13. The van der Waals surface area contributed by atoms with Crippen LogP contribution in [0.25, 0.3) is 10.2 Å². The number of methoxy groups -OCH3 is 1. The van der Waals surface area contributed by atoms with E-state index < -0.39 is 5.97 Å². The lowest BCUT2D eigenvalue weighted by Gasteiger charge is -2.13. The largest absolute Gasteiger partial charge is 0.494 e. The number of aromatic carboxylic acids is 1. The SMILES string of the molecule is COCCc1nc2scc(C(=O)O)c2c(=O)n1CCCOc1ccc(Cl)cc1. The molecule has 0 saturated carbocycles. The Labute approximate surface area is 170 Å². The van der Waals surface area contributed by atoms with Crippen LogP contribution in [0.1, 0.15) is 22.6 Å². The first-order valence-corrected chi connectivity index (χ1v) is 9.88. The highest BCUT2D eigenvalue weighted by molar-refractivity contribution is 7.17. The van der Waals surface area contributed by atoms with Gasteiger partial charge in [-0.2, -0.15) is 0 Å². The summed E-state index contributed by atoms with van der Waals surface area (Å²) in [6, 6.07) is 7.03. The number of carboxylic acid groups (broad SMARTS) is 1. The smallest absolute Gasteiger partial charge is 0.337 e. The van der Waals surface area contributed by atoms with Crippen LogP contribution in [0, 0.1) is 0 Å². The molecule has 0 aliphatic rings. The molecule has 3 aromatic rings. The number of carboxylic acids is 1. The summed E-state index contributed by atoms with van der Waals surface area (Å²) in [5.41, 5.74) is -0.358. The van der Waals surface area contributed by atoms with E-state index in [-0.39, 0.29) is 16.5 Å². The number of benzene rings is 1. The van der Waals surface area contributed by atoms with Crippen molar-refractivity contribution in [1.29, 1.82) is 0 Å². The molecule has 0 radical (unpaired) electrons. The van der Waals surface area contributed by atoms with Crippen LogP contribution in [0.3, 0.4) is 0 Å². The van der Waals surface area contributed by atoms with E-state index in [4.69, 9.17) is 21.1 Å². The van der Waals surface area contributed by atoms with Crippen molar-refractivity contribution < 1.29 is 19.4 Å². The van der Waals surface area contributed by atoms with Gasteiger partial charge in [0.05, 0.1) is 24.2 Å². The molecule has 0 atom stereocenters. The summed E-state index contributed by atoms with van der Waals surface area (Å²) in [7, 11) is 1.58. The van der Waals surface area contributed by atoms with Crippen LogP contribution in [-0.4, -0.2) is 41.0 Å². The third kappa shape index (κ3) is 4.52. The number of aromatic nitrogens is 2. The molecule has 9 heteroatoms. The molecule has 3 rings (SSSR count). The van der Waals surface area contributed by atoms with E-state index in [1.54, 1.807) is 31.4 Å². The molecule has 0 unspecified atom stereocenters. The van der Waals surface area contributed by atoms with Gasteiger partial charge < -0.3 is 14.6 Å². The average molecular weight is 423 g/mol. The lowest BCUT2D eigenvalue weighted by atomic mass is 10.2. The maximum atomic E-state index is 13.0. The lowest BCUT2D eigenvalue weighted by Crippen LogP contribution is -2.27. The number of halogens is 1. The van der Waals surface area contributed by atoms with Crippen LogP contribution in [0.15, 0.2) is 34.4 Å². The molecule has 7 nitrogen and oxygen atoms in total. The van der Waals surface area contributed by atoms with E-state index in [2.05, 4.69) is 4.98 Å². The zero-order chi connectivity index (χ0) is 20.1. The minimum Gasteiger partial charge on any atom is -0.494 e. The normalized spacial score (nSPS) is 11.1. The van der Waals surface area contributed by atoms with Gasteiger partial charge in [0.1, 0.15) is 16.4 Å². The fourth-order valence-electron chi connectivity index (χ4n) is 2.78. The van der Waals surface area contributed by atoms with Crippen molar-refractivity contribution >= 4 is 39.1 Å².